The highest BCUT2D eigenvalue weighted by molar-refractivity contribution is 9.10. The standard InChI is InChI=1S/C19H15BrN2O4S/c1-11-3-2-4-13(7-11)21-17(24)10-22-18(25)16(27-19(22)26)9-12-5-6-15(23)14(20)8-12/h2-9,23H,10H2,1H3,(H,21,24). The van der Waals surface area contributed by atoms with Crippen molar-refractivity contribution in [2.24, 2.45) is 0 Å². The maximum Gasteiger partial charge on any atom is 0.294 e. The second-order valence-corrected chi connectivity index (χ2v) is 7.74. The van der Waals surface area contributed by atoms with Gasteiger partial charge in [-0.1, -0.05) is 18.2 Å². The lowest BCUT2D eigenvalue weighted by atomic mass is 10.2. The van der Waals surface area contributed by atoms with Gasteiger partial charge >= 0.3 is 0 Å². The summed E-state index contributed by atoms with van der Waals surface area (Å²) in [4.78, 5) is 38.0. The molecular weight excluding hydrogens is 432 g/mol. The van der Waals surface area contributed by atoms with Crippen molar-refractivity contribution in [2.75, 3.05) is 11.9 Å². The number of aromatic hydroxyl groups is 1. The Bertz CT molecular complexity index is 974. The van der Waals surface area contributed by atoms with Crippen LogP contribution in [0.3, 0.4) is 0 Å². The molecule has 0 aromatic heterocycles. The Morgan fingerprint density at radius 3 is 2.74 bits per heavy atom. The van der Waals surface area contributed by atoms with E-state index in [1.54, 1.807) is 30.3 Å². The molecule has 1 heterocycles. The van der Waals surface area contributed by atoms with E-state index in [4.69, 9.17) is 0 Å². The zero-order chi connectivity index (χ0) is 19.6. The van der Waals surface area contributed by atoms with E-state index < -0.39 is 17.1 Å². The quantitative estimate of drug-likeness (QED) is 0.689. The van der Waals surface area contributed by atoms with Crippen LogP contribution in [0.1, 0.15) is 11.1 Å². The molecule has 3 rings (SSSR count). The van der Waals surface area contributed by atoms with Crippen LogP contribution in [0, 0.1) is 6.92 Å². The fraction of sp³-hybridized carbons (Fsp3) is 0.105. The second-order valence-electron chi connectivity index (χ2n) is 5.90. The summed E-state index contributed by atoms with van der Waals surface area (Å²) in [5.74, 6) is -0.891. The highest BCUT2D eigenvalue weighted by Gasteiger charge is 2.36. The lowest BCUT2D eigenvalue weighted by molar-refractivity contribution is -0.127. The van der Waals surface area contributed by atoms with E-state index in [2.05, 4.69) is 21.2 Å². The molecule has 1 aliphatic heterocycles. The number of benzene rings is 2. The van der Waals surface area contributed by atoms with Crippen LogP contribution in [0.4, 0.5) is 10.5 Å². The Labute approximate surface area is 168 Å². The molecule has 0 bridgehead atoms. The molecule has 2 aromatic rings. The minimum absolute atomic E-state index is 0.0769. The van der Waals surface area contributed by atoms with Gasteiger partial charge in [0.2, 0.25) is 5.91 Å². The number of anilines is 1. The first kappa shape index (κ1) is 19.2. The summed E-state index contributed by atoms with van der Waals surface area (Å²) < 4.78 is 0.480. The number of hydrogen-bond donors (Lipinski definition) is 2. The van der Waals surface area contributed by atoms with E-state index in [9.17, 15) is 19.5 Å². The molecule has 0 saturated carbocycles. The molecule has 0 radical (unpaired) electrons. The maximum absolute atomic E-state index is 12.5. The number of phenolic OH excluding ortho intramolecular Hbond substituents is 1. The predicted octanol–water partition coefficient (Wildman–Crippen LogP) is 4.14. The number of carbonyl (C=O) groups excluding carboxylic acids is 3. The lowest BCUT2D eigenvalue weighted by Gasteiger charge is -2.12. The van der Waals surface area contributed by atoms with Crippen LogP contribution >= 0.6 is 27.7 Å². The minimum Gasteiger partial charge on any atom is -0.507 e. The lowest BCUT2D eigenvalue weighted by Crippen LogP contribution is -2.36. The highest BCUT2D eigenvalue weighted by atomic mass is 79.9. The third-order valence-electron chi connectivity index (χ3n) is 3.75. The fourth-order valence-electron chi connectivity index (χ4n) is 2.47. The van der Waals surface area contributed by atoms with Crippen LogP contribution in [0.2, 0.25) is 0 Å². The third kappa shape index (κ3) is 4.58. The van der Waals surface area contributed by atoms with Crippen LogP contribution < -0.4 is 5.32 Å². The Balaban J connectivity index is 1.71. The van der Waals surface area contributed by atoms with E-state index in [0.29, 0.717) is 15.7 Å². The number of thioether (sulfide) groups is 1. The number of amides is 3. The summed E-state index contributed by atoms with van der Waals surface area (Å²) in [6, 6.07) is 12.0. The largest absolute Gasteiger partial charge is 0.507 e. The number of halogens is 1. The number of nitrogens with one attached hydrogen (secondary N) is 1. The normalized spacial score (nSPS) is 15.5. The second kappa shape index (κ2) is 7.98. The van der Waals surface area contributed by atoms with Crippen molar-refractivity contribution in [3.63, 3.8) is 0 Å². The Hall–Kier alpha value is -2.58. The van der Waals surface area contributed by atoms with E-state index in [1.165, 1.54) is 6.07 Å². The van der Waals surface area contributed by atoms with Crippen molar-refractivity contribution >= 4 is 56.5 Å². The van der Waals surface area contributed by atoms with Gasteiger partial charge in [0.25, 0.3) is 11.1 Å². The highest BCUT2D eigenvalue weighted by Crippen LogP contribution is 2.33. The molecule has 0 aliphatic carbocycles. The zero-order valence-electron chi connectivity index (χ0n) is 14.2. The number of hydrogen-bond acceptors (Lipinski definition) is 5. The summed E-state index contributed by atoms with van der Waals surface area (Å²) in [6.45, 7) is 1.55. The average molecular weight is 447 g/mol. The van der Waals surface area contributed by atoms with Crippen molar-refractivity contribution in [1.29, 1.82) is 0 Å². The minimum atomic E-state index is -0.520. The first-order chi connectivity index (χ1) is 12.8. The summed E-state index contributed by atoms with van der Waals surface area (Å²) in [7, 11) is 0. The molecule has 3 amide bonds. The summed E-state index contributed by atoms with van der Waals surface area (Å²) in [5.41, 5.74) is 2.24. The van der Waals surface area contributed by atoms with Crippen LogP contribution in [0.5, 0.6) is 5.75 Å². The van der Waals surface area contributed by atoms with Crippen LogP contribution in [0.25, 0.3) is 6.08 Å². The molecule has 1 fully saturated rings. The third-order valence-corrected chi connectivity index (χ3v) is 5.29. The van der Waals surface area contributed by atoms with E-state index in [-0.39, 0.29) is 17.2 Å². The van der Waals surface area contributed by atoms with Gasteiger partial charge in [0.1, 0.15) is 12.3 Å². The van der Waals surface area contributed by atoms with Crippen molar-refractivity contribution in [3.05, 3.63) is 63.0 Å². The van der Waals surface area contributed by atoms with Gasteiger partial charge in [0.05, 0.1) is 9.38 Å². The number of rotatable bonds is 4. The van der Waals surface area contributed by atoms with Gasteiger partial charge in [0.15, 0.2) is 0 Å². The summed E-state index contributed by atoms with van der Waals surface area (Å²) >= 11 is 3.98. The van der Waals surface area contributed by atoms with E-state index in [1.807, 2.05) is 19.1 Å². The fourth-order valence-corrected chi connectivity index (χ4v) is 3.70. The van der Waals surface area contributed by atoms with Crippen LogP contribution in [-0.4, -0.2) is 33.6 Å². The van der Waals surface area contributed by atoms with E-state index in [0.717, 1.165) is 22.2 Å². The van der Waals surface area contributed by atoms with Crippen LogP contribution in [0.15, 0.2) is 51.8 Å². The van der Waals surface area contributed by atoms with Gasteiger partial charge in [0, 0.05) is 5.69 Å². The van der Waals surface area contributed by atoms with Crippen molar-refractivity contribution in [1.82, 2.24) is 4.90 Å². The average Bonchev–Trinajstić information content (AvgIpc) is 2.85. The molecule has 27 heavy (non-hydrogen) atoms. The summed E-state index contributed by atoms with van der Waals surface area (Å²) in [6.07, 6.45) is 1.55. The molecule has 0 unspecified atom stereocenters. The smallest absolute Gasteiger partial charge is 0.294 e. The SMILES string of the molecule is Cc1cccc(NC(=O)CN2C(=O)SC(=Cc3ccc(O)c(Br)c3)C2=O)c1. The van der Waals surface area contributed by atoms with Gasteiger partial charge < -0.3 is 10.4 Å². The molecule has 2 N–H and O–H groups in total. The number of phenols is 1. The first-order valence-electron chi connectivity index (χ1n) is 7.94. The van der Waals surface area contributed by atoms with Gasteiger partial charge in [-0.3, -0.25) is 19.3 Å². The molecule has 8 heteroatoms. The molecule has 138 valence electrons. The molecule has 1 aliphatic rings. The number of carbonyl (C=O) groups is 3. The van der Waals surface area contributed by atoms with Gasteiger partial charge in [-0.25, -0.2) is 0 Å². The van der Waals surface area contributed by atoms with Crippen molar-refractivity contribution in [2.45, 2.75) is 6.92 Å². The number of aryl methyl sites for hydroxylation is 1. The van der Waals surface area contributed by atoms with Gasteiger partial charge in [-0.15, -0.1) is 0 Å². The summed E-state index contributed by atoms with van der Waals surface area (Å²) in [5, 5.41) is 11.7. The molecule has 0 atom stereocenters. The topological polar surface area (TPSA) is 86.7 Å². The Morgan fingerprint density at radius 2 is 2.04 bits per heavy atom. The van der Waals surface area contributed by atoms with E-state index >= 15 is 0 Å². The molecular formula is C19H15BrN2O4S. The van der Waals surface area contributed by atoms with Gasteiger partial charge in [-0.05, 0) is 76.1 Å². The molecule has 0 spiro atoms. The van der Waals surface area contributed by atoms with Crippen LogP contribution in [-0.2, 0) is 9.59 Å². The molecule has 2 aromatic carbocycles. The van der Waals surface area contributed by atoms with Crippen molar-refractivity contribution < 1.29 is 19.5 Å². The monoisotopic (exact) mass is 446 g/mol. The maximum atomic E-state index is 12.5. The number of imide groups is 1. The Morgan fingerprint density at radius 1 is 1.26 bits per heavy atom. The first-order valence-corrected chi connectivity index (χ1v) is 9.55. The molecule has 6 nitrogen and oxygen atoms in total. The van der Waals surface area contributed by atoms with Gasteiger partial charge in [-0.2, -0.15) is 0 Å². The predicted molar refractivity (Wildman–Crippen MR) is 108 cm³/mol. The van der Waals surface area contributed by atoms with Crippen molar-refractivity contribution in [3.8, 4) is 5.75 Å². The Kier molecular flexibility index (Phi) is 5.67. The number of nitrogens with zero attached hydrogens (tertiary/aromatic N) is 1. The molecule has 1 saturated heterocycles. The zero-order valence-corrected chi connectivity index (χ0v) is 16.6.